The highest BCUT2D eigenvalue weighted by Gasteiger charge is 2.27. The summed E-state index contributed by atoms with van der Waals surface area (Å²) in [5.74, 6) is -0.572. The normalized spacial score (nSPS) is 16.1. The number of methoxy groups -OCH3 is 1. The molecule has 1 heterocycles. The van der Waals surface area contributed by atoms with Crippen molar-refractivity contribution in [3.8, 4) is 5.75 Å². The molecule has 1 fully saturated rings. The summed E-state index contributed by atoms with van der Waals surface area (Å²) < 4.78 is 33.1. The summed E-state index contributed by atoms with van der Waals surface area (Å²) in [5, 5.41) is 9.89. The third-order valence-electron chi connectivity index (χ3n) is 6.15. The highest BCUT2D eigenvalue weighted by atomic mass is 32.2. The van der Waals surface area contributed by atoms with Crippen LogP contribution in [0.2, 0.25) is 0 Å². The topological polar surface area (TPSA) is 99.2 Å². The average Bonchev–Trinajstić information content (AvgIpc) is 2.83. The number of piperazine rings is 1. The van der Waals surface area contributed by atoms with Gasteiger partial charge in [0.15, 0.2) is 0 Å². The third-order valence-corrected chi connectivity index (χ3v) is 7.55. The Kier molecular flexibility index (Phi) is 6.88. The van der Waals surface area contributed by atoms with E-state index in [1.165, 1.54) is 30.9 Å². The lowest BCUT2D eigenvalue weighted by molar-refractivity contribution is 0.0697. The Hall–Kier alpha value is -3.72. The Bertz CT molecular complexity index is 1330. The van der Waals surface area contributed by atoms with Crippen molar-refractivity contribution in [2.45, 2.75) is 24.8 Å². The molecule has 3 aromatic carbocycles. The van der Waals surface area contributed by atoms with E-state index in [0.29, 0.717) is 24.5 Å². The minimum Gasteiger partial charge on any atom is -0.497 e. The van der Waals surface area contributed by atoms with E-state index in [9.17, 15) is 18.3 Å². The van der Waals surface area contributed by atoms with E-state index in [1.54, 1.807) is 24.3 Å². The second-order valence-electron chi connectivity index (χ2n) is 8.65. The summed E-state index contributed by atoms with van der Waals surface area (Å²) in [6.45, 7) is 6.22. The summed E-state index contributed by atoms with van der Waals surface area (Å²) in [5.41, 5.74) is 3.15. The number of aryl methyl sites for hydroxylation is 1. The van der Waals surface area contributed by atoms with Crippen molar-refractivity contribution in [2.75, 3.05) is 41.3 Å². The molecule has 0 aliphatic carbocycles. The number of carbonyl (C=O) groups is 1. The lowest BCUT2D eigenvalue weighted by atomic mass is 10.1. The zero-order valence-electron chi connectivity index (χ0n) is 19.9. The Morgan fingerprint density at radius 1 is 1.06 bits per heavy atom. The van der Waals surface area contributed by atoms with E-state index in [0.717, 1.165) is 12.2 Å². The quantitative estimate of drug-likeness (QED) is 0.506. The number of sulfonamides is 1. The number of nitrogens with zero attached hydrogens (tertiary/aromatic N) is 2. The number of carboxylic acids is 1. The van der Waals surface area contributed by atoms with Crippen molar-refractivity contribution in [1.29, 1.82) is 0 Å². The smallest absolute Gasteiger partial charge is 0.337 e. The van der Waals surface area contributed by atoms with Crippen LogP contribution in [0.4, 0.5) is 17.1 Å². The van der Waals surface area contributed by atoms with Crippen molar-refractivity contribution < 1.29 is 23.1 Å². The number of benzene rings is 3. The van der Waals surface area contributed by atoms with Crippen LogP contribution in [0.5, 0.6) is 5.75 Å². The van der Waals surface area contributed by atoms with Gasteiger partial charge in [0.2, 0.25) is 0 Å². The minimum absolute atomic E-state index is 0.0520. The Morgan fingerprint density at radius 3 is 2.43 bits per heavy atom. The molecule has 8 nitrogen and oxygen atoms in total. The highest BCUT2D eigenvalue weighted by Crippen LogP contribution is 2.30. The van der Waals surface area contributed by atoms with Crippen molar-refractivity contribution in [3.05, 3.63) is 77.9 Å². The number of hydrogen-bond acceptors (Lipinski definition) is 6. The molecule has 35 heavy (non-hydrogen) atoms. The lowest BCUT2D eigenvalue weighted by Gasteiger charge is -2.42. The molecule has 2 N–H and O–H groups in total. The van der Waals surface area contributed by atoms with Gasteiger partial charge in [-0.05, 0) is 74.0 Å². The standard InChI is InChI=1S/C26H29N3O5S/c1-18-5-4-6-21(15-18)29-14-13-28(17-19(29)2)25-12-7-20(16-24(25)26(30)31)27-35(32,33)23-10-8-22(34-3)9-11-23/h4-12,15-16,19,27H,13-14,17H2,1-3H3,(H,30,31)/t19-/m0/s1. The van der Waals surface area contributed by atoms with Gasteiger partial charge < -0.3 is 19.6 Å². The molecular formula is C26H29N3O5S. The molecule has 184 valence electrons. The van der Waals surface area contributed by atoms with Gasteiger partial charge in [0, 0.05) is 37.1 Å². The third kappa shape index (κ3) is 5.35. The fourth-order valence-corrected chi connectivity index (χ4v) is 5.43. The number of rotatable bonds is 7. The Morgan fingerprint density at radius 2 is 1.80 bits per heavy atom. The molecule has 1 atom stereocenters. The Labute approximate surface area is 205 Å². The zero-order chi connectivity index (χ0) is 25.2. The van der Waals surface area contributed by atoms with E-state index < -0.39 is 16.0 Å². The van der Waals surface area contributed by atoms with Crippen LogP contribution in [-0.2, 0) is 10.0 Å². The van der Waals surface area contributed by atoms with E-state index in [-0.39, 0.29) is 22.2 Å². The molecular weight excluding hydrogens is 466 g/mol. The van der Waals surface area contributed by atoms with Crippen LogP contribution in [-0.4, -0.2) is 52.3 Å². The number of nitrogens with one attached hydrogen (secondary N) is 1. The van der Waals surface area contributed by atoms with E-state index in [2.05, 4.69) is 41.7 Å². The molecule has 9 heteroatoms. The zero-order valence-corrected chi connectivity index (χ0v) is 20.7. The summed E-state index contributed by atoms with van der Waals surface area (Å²) in [4.78, 5) is 16.5. The first-order valence-electron chi connectivity index (χ1n) is 11.3. The fourth-order valence-electron chi connectivity index (χ4n) is 4.38. The molecule has 0 saturated carbocycles. The second-order valence-corrected chi connectivity index (χ2v) is 10.3. The van der Waals surface area contributed by atoms with Gasteiger partial charge in [-0.2, -0.15) is 0 Å². The summed E-state index contributed by atoms with van der Waals surface area (Å²) >= 11 is 0. The monoisotopic (exact) mass is 495 g/mol. The first-order valence-corrected chi connectivity index (χ1v) is 12.8. The van der Waals surface area contributed by atoms with Crippen LogP contribution >= 0.6 is 0 Å². The van der Waals surface area contributed by atoms with Crippen LogP contribution in [0.3, 0.4) is 0 Å². The van der Waals surface area contributed by atoms with Gasteiger partial charge in [-0.3, -0.25) is 4.72 Å². The lowest BCUT2D eigenvalue weighted by Crippen LogP contribution is -2.52. The maximum Gasteiger partial charge on any atom is 0.337 e. The summed E-state index contributed by atoms with van der Waals surface area (Å²) in [6.07, 6.45) is 0. The summed E-state index contributed by atoms with van der Waals surface area (Å²) in [7, 11) is -2.39. The van der Waals surface area contributed by atoms with E-state index >= 15 is 0 Å². The van der Waals surface area contributed by atoms with Gasteiger partial charge in [-0.1, -0.05) is 12.1 Å². The SMILES string of the molecule is COc1ccc(S(=O)(=O)Nc2ccc(N3CCN(c4cccc(C)c4)[C@@H](C)C3)c(C(=O)O)c2)cc1. The molecule has 4 rings (SSSR count). The molecule has 1 aliphatic rings. The number of anilines is 3. The molecule has 0 spiro atoms. The van der Waals surface area contributed by atoms with Gasteiger partial charge in [-0.15, -0.1) is 0 Å². The number of ether oxygens (including phenoxy) is 1. The molecule has 1 aliphatic heterocycles. The second kappa shape index (κ2) is 9.87. The fraction of sp³-hybridized carbons (Fsp3) is 0.269. The van der Waals surface area contributed by atoms with Gasteiger partial charge in [0.25, 0.3) is 10.0 Å². The predicted molar refractivity (Wildman–Crippen MR) is 137 cm³/mol. The highest BCUT2D eigenvalue weighted by molar-refractivity contribution is 7.92. The first-order chi connectivity index (χ1) is 16.7. The van der Waals surface area contributed by atoms with Crippen molar-refractivity contribution in [3.63, 3.8) is 0 Å². The largest absolute Gasteiger partial charge is 0.497 e. The maximum atomic E-state index is 12.8. The van der Waals surface area contributed by atoms with Gasteiger partial charge in [0.1, 0.15) is 5.75 Å². The maximum absolute atomic E-state index is 12.8. The molecule has 0 bridgehead atoms. The van der Waals surface area contributed by atoms with Gasteiger partial charge >= 0.3 is 5.97 Å². The van der Waals surface area contributed by atoms with Crippen LogP contribution in [0.25, 0.3) is 0 Å². The number of carboxylic acid groups (broad SMARTS) is 1. The molecule has 0 amide bonds. The van der Waals surface area contributed by atoms with E-state index in [4.69, 9.17) is 4.74 Å². The van der Waals surface area contributed by atoms with Crippen LogP contribution in [0.15, 0.2) is 71.6 Å². The summed E-state index contributed by atoms with van der Waals surface area (Å²) in [6, 6.07) is 19.1. The molecule has 0 unspecified atom stereocenters. The van der Waals surface area contributed by atoms with Crippen molar-refractivity contribution in [2.24, 2.45) is 0 Å². The minimum atomic E-state index is -3.89. The molecule has 1 saturated heterocycles. The first kappa shape index (κ1) is 24.4. The molecule has 0 aromatic heterocycles. The van der Waals surface area contributed by atoms with Crippen molar-refractivity contribution in [1.82, 2.24) is 0 Å². The average molecular weight is 496 g/mol. The van der Waals surface area contributed by atoms with Gasteiger partial charge in [-0.25, -0.2) is 13.2 Å². The molecule has 0 radical (unpaired) electrons. The predicted octanol–water partition coefficient (Wildman–Crippen LogP) is 4.22. The molecule has 3 aromatic rings. The number of hydrogen-bond donors (Lipinski definition) is 2. The van der Waals surface area contributed by atoms with Crippen molar-refractivity contribution >= 4 is 33.1 Å². The van der Waals surface area contributed by atoms with Crippen LogP contribution < -0.4 is 19.3 Å². The van der Waals surface area contributed by atoms with Crippen LogP contribution in [0.1, 0.15) is 22.8 Å². The Balaban J connectivity index is 1.54. The number of aromatic carboxylic acids is 1. The van der Waals surface area contributed by atoms with Gasteiger partial charge in [0.05, 0.1) is 23.3 Å². The van der Waals surface area contributed by atoms with E-state index in [1.807, 2.05) is 11.0 Å². The van der Waals surface area contributed by atoms with Crippen LogP contribution in [0, 0.1) is 6.92 Å².